The quantitative estimate of drug-likeness (QED) is 0.933. The molecule has 2 aromatic rings. The fraction of sp³-hybridized carbons (Fsp3) is 0.417. The minimum atomic E-state index is 0.528. The normalized spacial score (nSPS) is 13.9. The van der Waals surface area contributed by atoms with Gasteiger partial charge in [-0.2, -0.15) is 4.37 Å². The minimum absolute atomic E-state index is 0.528. The summed E-state index contributed by atoms with van der Waals surface area (Å²) in [6.07, 6.45) is 3.43. The van der Waals surface area contributed by atoms with Gasteiger partial charge in [0.05, 0.1) is 0 Å². The van der Waals surface area contributed by atoms with E-state index >= 15 is 0 Å². The molecule has 3 rings (SSSR count). The molecule has 4 nitrogen and oxygen atoms in total. The summed E-state index contributed by atoms with van der Waals surface area (Å²) in [5.74, 6) is 0.818. The SMILES string of the molecule is Cc1nsc(Sc2nc3c(cc2CN)CCC3)n1. The van der Waals surface area contributed by atoms with Crippen molar-refractivity contribution < 1.29 is 0 Å². The van der Waals surface area contributed by atoms with Crippen LogP contribution < -0.4 is 5.73 Å². The molecular formula is C12H14N4S2. The number of aromatic nitrogens is 3. The van der Waals surface area contributed by atoms with E-state index in [-0.39, 0.29) is 0 Å². The zero-order valence-corrected chi connectivity index (χ0v) is 11.8. The number of pyridine rings is 1. The van der Waals surface area contributed by atoms with Crippen molar-refractivity contribution in [3.05, 3.63) is 28.7 Å². The lowest BCUT2D eigenvalue weighted by atomic mass is 10.1. The van der Waals surface area contributed by atoms with Crippen molar-refractivity contribution in [2.24, 2.45) is 5.73 Å². The predicted molar refractivity (Wildman–Crippen MR) is 72.9 cm³/mol. The van der Waals surface area contributed by atoms with Crippen LogP contribution in [0.2, 0.25) is 0 Å². The lowest BCUT2D eigenvalue weighted by Gasteiger charge is -2.08. The Hall–Kier alpha value is -0.980. The number of hydrogen-bond donors (Lipinski definition) is 1. The van der Waals surface area contributed by atoms with Gasteiger partial charge in [0.25, 0.3) is 0 Å². The highest BCUT2D eigenvalue weighted by Crippen LogP contribution is 2.33. The summed E-state index contributed by atoms with van der Waals surface area (Å²) in [7, 11) is 0. The Balaban J connectivity index is 1.95. The van der Waals surface area contributed by atoms with Gasteiger partial charge in [-0.25, -0.2) is 9.97 Å². The van der Waals surface area contributed by atoms with Crippen LogP contribution in [0.3, 0.4) is 0 Å². The molecule has 2 heterocycles. The smallest absolute Gasteiger partial charge is 0.176 e. The van der Waals surface area contributed by atoms with Crippen LogP contribution in [-0.4, -0.2) is 14.3 Å². The van der Waals surface area contributed by atoms with Crippen molar-refractivity contribution in [2.45, 2.75) is 42.1 Å². The second-order valence-electron chi connectivity index (χ2n) is 4.33. The molecule has 2 aromatic heterocycles. The molecule has 1 aliphatic rings. The Morgan fingerprint density at radius 3 is 3.00 bits per heavy atom. The fourth-order valence-corrected chi connectivity index (χ4v) is 3.83. The van der Waals surface area contributed by atoms with Gasteiger partial charge in [-0.05, 0) is 60.6 Å². The van der Waals surface area contributed by atoms with Crippen molar-refractivity contribution in [1.82, 2.24) is 14.3 Å². The molecule has 94 valence electrons. The van der Waals surface area contributed by atoms with Crippen LogP contribution in [0.5, 0.6) is 0 Å². The first-order chi connectivity index (χ1) is 8.76. The Kier molecular flexibility index (Phi) is 3.32. The van der Waals surface area contributed by atoms with E-state index in [2.05, 4.69) is 15.4 Å². The van der Waals surface area contributed by atoms with E-state index < -0.39 is 0 Å². The van der Waals surface area contributed by atoms with Crippen molar-refractivity contribution in [3.8, 4) is 0 Å². The standard InChI is InChI=1S/C12H14N4S2/c1-7-14-12(18-16-7)17-11-9(6-13)5-8-3-2-4-10(8)15-11/h5H,2-4,6,13H2,1H3. The van der Waals surface area contributed by atoms with E-state index in [4.69, 9.17) is 10.7 Å². The molecule has 0 radical (unpaired) electrons. The molecule has 0 unspecified atom stereocenters. The molecule has 0 bridgehead atoms. The fourth-order valence-electron chi connectivity index (χ4n) is 2.14. The maximum atomic E-state index is 5.82. The second kappa shape index (κ2) is 4.95. The van der Waals surface area contributed by atoms with Crippen LogP contribution >= 0.6 is 23.3 Å². The van der Waals surface area contributed by atoms with Crippen LogP contribution in [0.1, 0.15) is 29.1 Å². The van der Waals surface area contributed by atoms with Crippen LogP contribution in [0.4, 0.5) is 0 Å². The highest BCUT2D eigenvalue weighted by atomic mass is 32.2. The van der Waals surface area contributed by atoms with Gasteiger partial charge < -0.3 is 5.73 Å². The van der Waals surface area contributed by atoms with E-state index in [0.29, 0.717) is 6.54 Å². The summed E-state index contributed by atoms with van der Waals surface area (Å²) >= 11 is 3.00. The highest BCUT2D eigenvalue weighted by molar-refractivity contribution is 8.00. The monoisotopic (exact) mass is 278 g/mol. The first-order valence-electron chi connectivity index (χ1n) is 5.96. The lowest BCUT2D eigenvalue weighted by molar-refractivity contribution is 0.884. The van der Waals surface area contributed by atoms with Crippen molar-refractivity contribution in [1.29, 1.82) is 0 Å². The molecule has 0 saturated carbocycles. The largest absolute Gasteiger partial charge is 0.326 e. The van der Waals surface area contributed by atoms with Gasteiger partial charge in [-0.1, -0.05) is 6.07 Å². The number of hydrogen-bond acceptors (Lipinski definition) is 6. The van der Waals surface area contributed by atoms with Gasteiger partial charge >= 0.3 is 0 Å². The Labute approximate surface area is 114 Å². The second-order valence-corrected chi connectivity index (χ2v) is 6.31. The van der Waals surface area contributed by atoms with Crippen molar-refractivity contribution in [3.63, 3.8) is 0 Å². The lowest BCUT2D eigenvalue weighted by Crippen LogP contribution is -2.03. The van der Waals surface area contributed by atoms with E-state index in [9.17, 15) is 0 Å². The molecule has 1 aliphatic carbocycles. The Bertz CT molecular complexity index is 579. The van der Waals surface area contributed by atoms with E-state index in [1.54, 1.807) is 11.8 Å². The van der Waals surface area contributed by atoms with Gasteiger partial charge in [0.1, 0.15) is 10.9 Å². The minimum Gasteiger partial charge on any atom is -0.326 e. The molecular weight excluding hydrogens is 264 g/mol. The highest BCUT2D eigenvalue weighted by Gasteiger charge is 2.17. The first kappa shape index (κ1) is 12.1. The molecule has 6 heteroatoms. The number of rotatable bonds is 3. The third-order valence-corrected chi connectivity index (χ3v) is 4.89. The number of nitrogens with zero attached hydrogens (tertiary/aromatic N) is 3. The predicted octanol–water partition coefficient (Wildman–Crippen LogP) is 2.34. The van der Waals surface area contributed by atoms with Crippen LogP contribution in [0, 0.1) is 6.92 Å². The maximum Gasteiger partial charge on any atom is 0.176 e. The summed E-state index contributed by atoms with van der Waals surface area (Å²) in [4.78, 5) is 9.11. The number of fused-ring (bicyclic) bond motifs is 1. The topological polar surface area (TPSA) is 64.7 Å². The summed E-state index contributed by atoms with van der Waals surface area (Å²) in [6.45, 7) is 2.43. The molecule has 0 aliphatic heterocycles. The molecule has 18 heavy (non-hydrogen) atoms. The average Bonchev–Trinajstić information content (AvgIpc) is 2.97. The molecule has 0 atom stereocenters. The Morgan fingerprint density at radius 1 is 1.39 bits per heavy atom. The van der Waals surface area contributed by atoms with Crippen molar-refractivity contribution in [2.75, 3.05) is 0 Å². The zero-order chi connectivity index (χ0) is 12.5. The van der Waals surface area contributed by atoms with Gasteiger partial charge in [0.15, 0.2) is 4.34 Å². The molecule has 2 N–H and O–H groups in total. The number of aryl methyl sites for hydroxylation is 3. The Morgan fingerprint density at radius 2 is 2.28 bits per heavy atom. The van der Waals surface area contributed by atoms with E-state index in [1.807, 2.05) is 6.92 Å². The molecule has 0 amide bonds. The average molecular weight is 278 g/mol. The number of nitrogens with two attached hydrogens (primary N) is 1. The summed E-state index contributed by atoms with van der Waals surface area (Å²) in [5.41, 5.74) is 9.54. The molecule has 0 spiro atoms. The van der Waals surface area contributed by atoms with Gasteiger partial charge in [-0.15, -0.1) is 0 Å². The summed E-state index contributed by atoms with van der Waals surface area (Å²) < 4.78 is 5.13. The van der Waals surface area contributed by atoms with Gasteiger partial charge in [0, 0.05) is 12.2 Å². The van der Waals surface area contributed by atoms with Gasteiger partial charge in [0.2, 0.25) is 0 Å². The van der Waals surface area contributed by atoms with Crippen LogP contribution in [0.25, 0.3) is 0 Å². The van der Waals surface area contributed by atoms with Crippen molar-refractivity contribution >= 4 is 23.3 Å². The first-order valence-corrected chi connectivity index (χ1v) is 7.55. The third kappa shape index (κ3) is 2.28. The molecule has 0 fully saturated rings. The van der Waals surface area contributed by atoms with E-state index in [0.717, 1.165) is 33.6 Å². The van der Waals surface area contributed by atoms with Crippen LogP contribution in [0.15, 0.2) is 15.4 Å². The summed E-state index contributed by atoms with van der Waals surface area (Å²) in [5, 5.41) is 0.995. The third-order valence-electron chi connectivity index (χ3n) is 3.00. The maximum absolute atomic E-state index is 5.82. The molecule has 0 saturated heterocycles. The summed E-state index contributed by atoms with van der Waals surface area (Å²) in [6, 6.07) is 2.21. The zero-order valence-electron chi connectivity index (χ0n) is 10.1. The molecule has 0 aromatic carbocycles. The van der Waals surface area contributed by atoms with Crippen LogP contribution in [-0.2, 0) is 19.4 Å². The van der Waals surface area contributed by atoms with E-state index in [1.165, 1.54) is 29.2 Å². The van der Waals surface area contributed by atoms with Gasteiger partial charge in [-0.3, -0.25) is 0 Å².